The Balaban J connectivity index is 0.000000804. The van der Waals surface area contributed by atoms with Crippen LogP contribution in [-0.2, 0) is 4.79 Å². The second-order valence-corrected chi connectivity index (χ2v) is 12.3. The molecule has 1 heterocycles. The van der Waals surface area contributed by atoms with Crippen molar-refractivity contribution in [3.8, 4) is 23.8 Å². The fourth-order valence-electron chi connectivity index (χ4n) is 8.55. The Morgan fingerprint density at radius 2 is 1.78 bits per heavy atom. The van der Waals surface area contributed by atoms with Crippen molar-refractivity contribution in [1.29, 1.82) is 0 Å². The van der Waals surface area contributed by atoms with Gasteiger partial charge in [0.15, 0.2) is 17.3 Å². The van der Waals surface area contributed by atoms with E-state index in [4.69, 9.17) is 9.47 Å². The van der Waals surface area contributed by atoms with E-state index in [1.165, 1.54) is 23.1 Å². The molecule has 5 atom stereocenters. The Labute approximate surface area is 221 Å². The van der Waals surface area contributed by atoms with Gasteiger partial charge in [0, 0.05) is 25.2 Å². The monoisotopic (exact) mass is 500 g/mol. The maximum absolute atomic E-state index is 12.2. The molecule has 1 N–H and O–H groups in total. The second kappa shape index (κ2) is 9.35. The third-order valence-electron chi connectivity index (χ3n) is 10.3. The first-order valence-electron chi connectivity index (χ1n) is 14.4. The van der Waals surface area contributed by atoms with Crippen molar-refractivity contribution in [2.45, 2.75) is 109 Å². The number of rotatable bonds is 1. The molecule has 5 unspecified atom stereocenters. The van der Waals surface area contributed by atoms with Crippen LogP contribution in [0.25, 0.3) is 0 Å². The quantitative estimate of drug-likeness (QED) is 0.421. The van der Waals surface area contributed by atoms with E-state index < -0.39 is 5.79 Å². The zero-order valence-electron chi connectivity index (χ0n) is 22.4. The zero-order chi connectivity index (χ0) is 25.8. The molecule has 7 rings (SSSR count). The van der Waals surface area contributed by atoms with Gasteiger partial charge in [-0.25, -0.2) is 0 Å². The van der Waals surface area contributed by atoms with Crippen LogP contribution in [0.4, 0.5) is 0 Å². The molecule has 1 spiro atoms. The lowest BCUT2D eigenvalue weighted by atomic mass is 9.53. The predicted molar refractivity (Wildman–Crippen MR) is 144 cm³/mol. The summed E-state index contributed by atoms with van der Waals surface area (Å²) in [5, 5.41) is 11.1. The third kappa shape index (κ3) is 4.06. The first-order valence-corrected chi connectivity index (χ1v) is 14.4. The molecular formula is C33H40O4. The number of terminal acetylenes is 1. The molecule has 3 saturated carbocycles. The van der Waals surface area contributed by atoms with E-state index >= 15 is 0 Å². The number of hydrogen-bond acceptors (Lipinski definition) is 4. The van der Waals surface area contributed by atoms with Crippen LogP contribution < -0.4 is 9.47 Å². The Kier molecular flexibility index (Phi) is 6.27. The van der Waals surface area contributed by atoms with Crippen LogP contribution >= 0.6 is 0 Å². The van der Waals surface area contributed by atoms with Crippen LogP contribution in [0.15, 0.2) is 41.0 Å². The van der Waals surface area contributed by atoms with Gasteiger partial charge in [-0.15, -0.1) is 12.3 Å². The van der Waals surface area contributed by atoms with E-state index in [1.807, 2.05) is 6.08 Å². The van der Waals surface area contributed by atoms with Crippen LogP contribution in [-0.4, -0.2) is 22.8 Å². The lowest BCUT2D eigenvalue weighted by Gasteiger charge is -2.52. The van der Waals surface area contributed by atoms with Crippen LogP contribution in [0.1, 0.15) is 102 Å². The normalized spacial score (nSPS) is 35.0. The summed E-state index contributed by atoms with van der Waals surface area (Å²) in [4.78, 5) is 12.2. The van der Waals surface area contributed by atoms with Crippen molar-refractivity contribution in [2.24, 2.45) is 17.3 Å². The van der Waals surface area contributed by atoms with Crippen LogP contribution in [0.3, 0.4) is 0 Å². The number of carbonyl (C=O) groups is 1. The number of hydrogen-bond donors (Lipinski definition) is 1. The number of ether oxygens (including phenoxy) is 2. The number of carbonyl (C=O) groups excluding carboxylic acids is 1. The SMILES string of the molecule is C#CC.CC12CC(c3ccc4c(c3)OC3(CCCCC3)O4)C3=C4CCC(=O)C=C4CCC3C1CCC2O. The molecule has 0 saturated heterocycles. The highest BCUT2D eigenvalue weighted by molar-refractivity contribution is 5.93. The minimum Gasteiger partial charge on any atom is -0.448 e. The Morgan fingerprint density at radius 1 is 1.03 bits per heavy atom. The average Bonchev–Trinajstić information content (AvgIpc) is 3.39. The van der Waals surface area contributed by atoms with Crippen molar-refractivity contribution >= 4 is 5.78 Å². The second-order valence-electron chi connectivity index (χ2n) is 12.3. The molecule has 0 amide bonds. The summed E-state index contributed by atoms with van der Waals surface area (Å²) in [5.41, 5.74) is 5.57. The van der Waals surface area contributed by atoms with E-state index in [0.29, 0.717) is 18.3 Å². The zero-order valence-corrected chi connectivity index (χ0v) is 22.4. The van der Waals surface area contributed by atoms with Crippen LogP contribution in [0.5, 0.6) is 11.5 Å². The highest BCUT2D eigenvalue weighted by Gasteiger charge is 2.56. The molecule has 196 valence electrons. The van der Waals surface area contributed by atoms with Gasteiger partial charge in [-0.05, 0) is 110 Å². The summed E-state index contributed by atoms with van der Waals surface area (Å²) in [6.45, 7) is 3.99. The number of fused-ring (bicyclic) bond motifs is 5. The van der Waals surface area contributed by atoms with Gasteiger partial charge < -0.3 is 14.6 Å². The summed E-state index contributed by atoms with van der Waals surface area (Å²) in [6.07, 6.45) is 18.4. The van der Waals surface area contributed by atoms with Gasteiger partial charge in [0.2, 0.25) is 0 Å². The fourth-order valence-corrected chi connectivity index (χ4v) is 8.55. The van der Waals surface area contributed by atoms with Crippen molar-refractivity contribution in [2.75, 3.05) is 0 Å². The molecule has 0 aromatic heterocycles. The van der Waals surface area contributed by atoms with Crippen molar-refractivity contribution in [1.82, 2.24) is 0 Å². The molecular weight excluding hydrogens is 460 g/mol. The van der Waals surface area contributed by atoms with Crippen molar-refractivity contribution < 1.29 is 19.4 Å². The fraction of sp³-hybridized carbons (Fsp3) is 0.606. The molecule has 0 radical (unpaired) electrons. The van der Waals surface area contributed by atoms with Gasteiger partial charge in [-0.1, -0.05) is 25.0 Å². The Morgan fingerprint density at radius 3 is 2.57 bits per heavy atom. The van der Waals surface area contributed by atoms with E-state index in [2.05, 4.69) is 37.5 Å². The minimum atomic E-state index is -0.459. The summed E-state index contributed by atoms with van der Waals surface area (Å²) in [6, 6.07) is 6.61. The number of aliphatic hydroxyl groups excluding tert-OH is 1. The third-order valence-corrected chi connectivity index (χ3v) is 10.3. The lowest BCUT2D eigenvalue weighted by molar-refractivity contribution is -0.114. The van der Waals surface area contributed by atoms with Gasteiger partial charge in [0.25, 0.3) is 5.79 Å². The van der Waals surface area contributed by atoms with E-state index in [0.717, 1.165) is 75.7 Å². The van der Waals surface area contributed by atoms with Gasteiger partial charge in [0.1, 0.15) is 0 Å². The van der Waals surface area contributed by atoms with Gasteiger partial charge in [-0.3, -0.25) is 4.79 Å². The summed E-state index contributed by atoms with van der Waals surface area (Å²) in [7, 11) is 0. The Hall–Kier alpha value is -2.51. The van der Waals surface area contributed by atoms with E-state index in [9.17, 15) is 9.90 Å². The topological polar surface area (TPSA) is 55.8 Å². The molecule has 3 fully saturated rings. The summed E-state index contributed by atoms with van der Waals surface area (Å²) < 4.78 is 12.9. The standard InChI is InChI=1S/C30H36O4.C3H4/c1-29-17-23(19-6-11-25-26(16-19)34-30(33-25)13-3-2-4-14-30)28-21-9-7-20(31)15-18(21)5-8-22(28)24(29)10-12-27(29)32;1-3-2/h6,11,15-16,22-24,27,32H,2-5,7-10,12-14,17H2,1H3;1H,2H3. The predicted octanol–water partition coefficient (Wildman–Crippen LogP) is 7.02. The molecule has 4 heteroatoms. The number of aliphatic hydroxyl groups is 1. The number of allylic oxidation sites excluding steroid dienone is 4. The minimum absolute atomic E-state index is 0.0495. The van der Waals surface area contributed by atoms with Crippen LogP contribution in [0, 0.1) is 29.6 Å². The lowest BCUT2D eigenvalue weighted by Crippen LogP contribution is -2.45. The molecule has 37 heavy (non-hydrogen) atoms. The first-order chi connectivity index (χ1) is 17.9. The summed E-state index contributed by atoms with van der Waals surface area (Å²) >= 11 is 0. The maximum Gasteiger partial charge on any atom is 0.251 e. The molecule has 1 aromatic rings. The van der Waals surface area contributed by atoms with Gasteiger partial charge in [0.05, 0.1) is 6.10 Å². The van der Waals surface area contributed by atoms with Crippen LogP contribution in [0.2, 0.25) is 0 Å². The van der Waals surface area contributed by atoms with Crippen molar-refractivity contribution in [3.05, 3.63) is 46.6 Å². The molecule has 4 nitrogen and oxygen atoms in total. The average molecular weight is 501 g/mol. The van der Waals surface area contributed by atoms with Crippen molar-refractivity contribution in [3.63, 3.8) is 0 Å². The molecule has 5 aliphatic carbocycles. The number of benzene rings is 1. The highest BCUT2D eigenvalue weighted by Crippen LogP contribution is 2.64. The number of ketones is 1. The maximum atomic E-state index is 12.2. The smallest absolute Gasteiger partial charge is 0.251 e. The first kappa shape index (κ1) is 24.8. The molecule has 6 aliphatic rings. The largest absolute Gasteiger partial charge is 0.448 e. The highest BCUT2D eigenvalue weighted by atomic mass is 16.7. The van der Waals surface area contributed by atoms with E-state index in [-0.39, 0.29) is 23.2 Å². The van der Waals surface area contributed by atoms with E-state index in [1.54, 1.807) is 12.5 Å². The molecule has 1 aromatic carbocycles. The van der Waals surface area contributed by atoms with Gasteiger partial charge in [-0.2, -0.15) is 0 Å². The Bertz CT molecular complexity index is 1190. The molecule has 0 bridgehead atoms. The molecule has 1 aliphatic heterocycles. The summed E-state index contributed by atoms with van der Waals surface area (Å²) in [5.74, 6) is 5.17. The van der Waals surface area contributed by atoms with Gasteiger partial charge >= 0.3 is 0 Å².